The van der Waals surface area contributed by atoms with E-state index in [0.717, 1.165) is 6.07 Å². The molecule has 10 nitrogen and oxygen atoms in total. The average Bonchev–Trinajstić information content (AvgIpc) is 2.43. The second kappa shape index (κ2) is 6.49. The molecule has 0 amide bonds. The molecule has 1 aromatic rings. The largest absolute Gasteiger partial charge is 0.360 e. The minimum atomic E-state index is -0.682. The summed E-state index contributed by atoms with van der Waals surface area (Å²) in [6, 6.07) is 3.54. The van der Waals surface area contributed by atoms with Crippen molar-refractivity contribution in [3.63, 3.8) is 0 Å². The number of hydrogen-bond donors (Lipinski definition) is 4. The molecule has 4 N–H and O–H groups in total. The number of hydrogen-bond acceptors (Lipinski definition) is 7. The van der Waals surface area contributed by atoms with Gasteiger partial charge in [-0.1, -0.05) is 0 Å². The van der Waals surface area contributed by atoms with Crippen LogP contribution in [0.5, 0.6) is 0 Å². The van der Waals surface area contributed by atoms with Crippen LogP contribution in [0.4, 0.5) is 17.1 Å². The molecule has 1 fully saturated rings. The average molecular weight is 326 g/mol. The predicted octanol–water partition coefficient (Wildman–Crippen LogP) is 1.00. The SMILES string of the molecule is CC1CC(NNc2ccc([N+](=O)[O-])cc2[N+](=O)[O-])NC(=S)N1. The second-order valence-electron chi connectivity index (χ2n) is 4.79. The first-order valence-electron chi connectivity index (χ1n) is 6.38. The van der Waals surface area contributed by atoms with Crippen LogP contribution < -0.4 is 21.5 Å². The topological polar surface area (TPSA) is 134 Å². The maximum Gasteiger partial charge on any atom is 0.300 e. The molecule has 1 heterocycles. The van der Waals surface area contributed by atoms with Gasteiger partial charge in [0.1, 0.15) is 5.69 Å². The number of non-ortho nitro benzene ring substituents is 1. The van der Waals surface area contributed by atoms with Crippen LogP contribution in [-0.4, -0.2) is 27.2 Å². The Bertz CT molecular complexity index is 625. The van der Waals surface area contributed by atoms with Crippen molar-refractivity contribution >= 4 is 34.4 Å². The third kappa shape index (κ3) is 3.77. The standard InChI is InChI=1S/C11H14N6O4S/c1-6-4-10(13-11(22)12-6)15-14-8-3-2-7(16(18)19)5-9(8)17(20)21/h2-3,5-6,10,14-15H,4H2,1H3,(H2,12,13,22). The summed E-state index contributed by atoms with van der Waals surface area (Å²) in [5.74, 6) is 0. The van der Waals surface area contributed by atoms with E-state index in [4.69, 9.17) is 12.2 Å². The van der Waals surface area contributed by atoms with E-state index in [1.807, 2.05) is 6.92 Å². The molecule has 0 spiro atoms. The van der Waals surface area contributed by atoms with Gasteiger partial charge < -0.3 is 16.1 Å². The monoisotopic (exact) mass is 326 g/mol. The summed E-state index contributed by atoms with van der Waals surface area (Å²) < 4.78 is 0. The van der Waals surface area contributed by atoms with Gasteiger partial charge in [-0.2, -0.15) is 0 Å². The van der Waals surface area contributed by atoms with E-state index >= 15 is 0 Å². The summed E-state index contributed by atoms with van der Waals surface area (Å²) in [6.07, 6.45) is 0.465. The van der Waals surface area contributed by atoms with E-state index in [9.17, 15) is 20.2 Å². The van der Waals surface area contributed by atoms with E-state index in [0.29, 0.717) is 11.5 Å². The van der Waals surface area contributed by atoms with E-state index in [-0.39, 0.29) is 29.3 Å². The van der Waals surface area contributed by atoms with Crippen molar-refractivity contribution in [2.24, 2.45) is 0 Å². The Balaban J connectivity index is 2.10. The van der Waals surface area contributed by atoms with E-state index in [1.165, 1.54) is 12.1 Å². The molecule has 0 aliphatic carbocycles. The van der Waals surface area contributed by atoms with Gasteiger partial charge in [0, 0.05) is 18.5 Å². The van der Waals surface area contributed by atoms with Gasteiger partial charge in [-0.25, -0.2) is 5.43 Å². The summed E-state index contributed by atoms with van der Waals surface area (Å²) in [4.78, 5) is 20.3. The number of hydrazine groups is 1. The highest BCUT2D eigenvalue weighted by Crippen LogP contribution is 2.28. The molecule has 22 heavy (non-hydrogen) atoms. The molecular weight excluding hydrogens is 312 g/mol. The van der Waals surface area contributed by atoms with E-state index in [2.05, 4.69) is 21.5 Å². The van der Waals surface area contributed by atoms with Crippen molar-refractivity contribution < 1.29 is 9.85 Å². The molecule has 1 saturated heterocycles. The smallest absolute Gasteiger partial charge is 0.300 e. The van der Waals surface area contributed by atoms with Crippen molar-refractivity contribution in [3.8, 4) is 0 Å². The molecule has 0 saturated carbocycles. The zero-order chi connectivity index (χ0) is 16.3. The van der Waals surface area contributed by atoms with Gasteiger partial charge >= 0.3 is 5.69 Å². The van der Waals surface area contributed by atoms with Gasteiger partial charge in [0.2, 0.25) is 0 Å². The lowest BCUT2D eigenvalue weighted by molar-refractivity contribution is -0.393. The Hall–Kier alpha value is -2.53. The Morgan fingerprint density at radius 2 is 2.00 bits per heavy atom. The second-order valence-corrected chi connectivity index (χ2v) is 5.20. The number of thiocarbonyl (C=S) groups is 1. The minimum absolute atomic E-state index is 0.134. The highest BCUT2D eigenvalue weighted by atomic mass is 32.1. The molecule has 2 unspecified atom stereocenters. The molecule has 2 rings (SSSR count). The summed E-state index contributed by atoms with van der Waals surface area (Å²) in [6.45, 7) is 1.95. The molecule has 1 aliphatic rings. The van der Waals surface area contributed by atoms with E-state index < -0.39 is 9.85 Å². The van der Waals surface area contributed by atoms with Crippen LogP contribution in [0.3, 0.4) is 0 Å². The first kappa shape index (κ1) is 15.9. The molecule has 0 radical (unpaired) electrons. The van der Waals surface area contributed by atoms with Crippen LogP contribution >= 0.6 is 12.2 Å². The number of rotatable bonds is 5. The third-order valence-electron chi connectivity index (χ3n) is 3.04. The molecule has 0 bridgehead atoms. The summed E-state index contributed by atoms with van der Waals surface area (Å²) in [5, 5.41) is 28.2. The molecule has 0 aromatic heterocycles. The number of nitro benzene ring substituents is 2. The number of anilines is 1. The molecule has 1 aromatic carbocycles. The maximum atomic E-state index is 11.0. The Morgan fingerprint density at radius 1 is 1.27 bits per heavy atom. The predicted molar refractivity (Wildman–Crippen MR) is 83.2 cm³/mol. The lowest BCUT2D eigenvalue weighted by atomic mass is 10.1. The highest BCUT2D eigenvalue weighted by molar-refractivity contribution is 7.80. The lowest BCUT2D eigenvalue weighted by Crippen LogP contribution is -2.59. The zero-order valence-electron chi connectivity index (χ0n) is 11.5. The van der Waals surface area contributed by atoms with Crippen LogP contribution in [0, 0.1) is 20.2 Å². The fraction of sp³-hybridized carbons (Fsp3) is 0.364. The van der Waals surface area contributed by atoms with Crippen LogP contribution in [0.1, 0.15) is 13.3 Å². The quantitative estimate of drug-likeness (QED) is 0.355. The fourth-order valence-electron chi connectivity index (χ4n) is 2.05. The summed E-state index contributed by atoms with van der Waals surface area (Å²) >= 11 is 5.03. The number of benzene rings is 1. The summed E-state index contributed by atoms with van der Waals surface area (Å²) in [7, 11) is 0. The third-order valence-corrected chi connectivity index (χ3v) is 3.28. The van der Waals surface area contributed by atoms with Gasteiger partial charge in [0.25, 0.3) is 5.69 Å². The first-order valence-corrected chi connectivity index (χ1v) is 6.79. The molecule has 11 heteroatoms. The van der Waals surface area contributed by atoms with E-state index in [1.54, 1.807) is 0 Å². The Labute approximate surface area is 130 Å². The van der Waals surface area contributed by atoms with Crippen LogP contribution in [0.15, 0.2) is 18.2 Å². The summed E-state index contributed by atoms with van der Waals surface area (Å²) in [5.41, 5.74) is 5.00. The van der Waals surface area contributed by atoms with Gasteiger partial charge in [0.15, 0.2) is 5.11 Å². The molecule has 118 valence electrons. The van der Waals surface area contributed by atoms with Crippen molar-refractivity contribution in [1.82, 2.24) is 16.1 Å². The lowest BCUT2D eigenvalue weighted by Gasteiger charge is -2.31. The minimum Gasteiger partial charge on any atom is -0.360 e. The fourth-order valence-corrected chi connectivity index (χ4v) is 2.39. The number of nitrogens with one attached hydrogen (secondary N) is 4. The number of nitrogens with zero attached hydrogens (tertiary/aromatic N) is 2. The van der Waals surface area contributed by atoms with Gasteiger partial charge in [-0.15, -0.1) is 0 Å². The highest BCUT2D eigenvalue weighted by Gasteiger charge is 2.23. The Kier molecular flexibility index (Phi) is 4.68. The van der Waals surface area contributed by atoms with Crippen LogP contribution in [-0.2, 0) is 0 Å². The van der Waals surface area contributed by atoms with Crippen LogP contribution in [0.25, 0.3) is 0 Å². The van der Waals surface area contributed by atoms with Gasteiger partial charge in [0.05, 0.1) is 22.1 Å². The van der Waals surface area contributed by atoms with Crippen LogP contribution in [0.2, 0.25) is 0 Å². The first-order chi connectivity index (χ1) is 10.4. The number of nitro groups is 2. The van der Waals surface area contributed by atoms with Gasteiger partial charge in [-0.3, -0.25) is 20.2 Å². The maximum absolute atomic E-state index is 11.0. The Morgan fingerprint density at radius 3 is 2.59 bits per heavy atom. The zero-order valence-corrected chi connectivity index (χ0v) is 12.3. The molecule has 2 atom stereocenters. The molecular formula is C11H14N6O4S. The van der Waals surface area contributed by atoms with Crippen molar-refractivity contribution in [1.29, 1.82) is 0 Å². The normalized spacial score (nSPS) is 20.7. The molecule has 1 aliphatic heterocycles. The van der Waals surface area contributed by atoms with Crippen molar-refractivity contribution in [2.75, 3.05) is 5.43 Å². The van der Waals surface area contributed by atoms with Crippen molar-refractivity contribution in [3.05, 3.63) is 38.4 Å². The van der Waals surface area contributed by atoms with Crippen molar-refractivity contribution in [2.45, 2.75) is 25.6 Å². The van der Waals surface area contributed by atoms with Gasteiger partial charge in [-0.05, 0) is 25.2 Å².